The van der Waals surface area contributed by atoms with Crippen molar-refractivity contribution in [3.63, 3.8) is 0 Å². The number of hydrogen-bond acceptors (Lipinski definition) is 6. The summed E-state index contributed by atoms with van der Waals surface area (Å²) in [5.74, 6) is -0.250. The van der Waals surface area contributed by atoms with Gasteiger partial charge in [0.25, 0.3) is 0 Å². The summed E-state index contributed by atoms with van der Waals surface area (Å²) in [6.45, 7) is 2.88. The highest BCUT2D eigenvalue weighted by Crippen LogP contribution is 2.28. The van der Waals surface area contributed by atoms with Crippen molar-refractivity contribution in [3.05, 3.63) is 53.0 Å². The second-order valence-corrected chi connectivity index (χ2v) is 10.4. The van der Waals surface area contributed by atoms with Crippen LogP contribution >= 0.6 is 11.3 Å². The Labute approximate surface area is 179 Å². The smallest absolute Gasteiger partial charge is 0.246 e. The fourth-order valence-electron chi connectivity index (χ4n) is 3.54. The Bertz CT molecular complexity index is 1150. The van der Waals surface area contributed by atoms with Gasteiger partial charge in [-0.05, 0) is 36.8 Å². The summed E-state index contributed by atoms with van der Waals surface area (Å²) in [6.07, 6.45) is 0.930. The topological polar surface area (TPSA) is 90.8 Å². The maximum absolute atomic E-state index is 12.9. The van der Waals surface area contributed by atoms with Crippen molar-refractivity contribution >= 4 is 37.5 Å². The van der Waals surface area contributed by atoms with Gasteiger partial charge in [0.05, 0.1) is 15.2 Å². The highest BCUT2D eigenvalue weighted by Gasteiger charge is 2.31. The summed E-state index contributed by atoms with van der Waals surface area (Å²) < 4.78 is 28.2. The molecule has 0 bridgehead atoms. The lowest BCUT2D eigenvalue weighted by Crippen LogP contribution is -2.50. The number of aromatic nitrogens is 1. The number of phenols is 1. The van der Waals surface area contributed by atoms with Crippen LogP contribution in [0.5, 0.6) is 5.75 Å². The number of aryl methyl sites for hydroxylation is 2. The van der Waals surface area contributed by atoms with Crippen LogP contribution in [-0.4, -0.2) is 59.8 Å². The number of sulfonamides is 1. The monoisotopic (exact) mass is 445 g/mol. The molecule has 1 N–H and O–H groups in total. The Morgan fingerprint density at radius 1 is 1.13 bits per heavy atom. The van der Waals surface area contributed by atoms with Crippen molar-refractivity contribution in [2.24, 2.45) is 0 Å². The SMILES string of the molecule is Cc1ccc(O)c(S(=O)(=O)N2CCN(C(=O)CCc3nc4ccccc4s3)CC2)c1. The van der Waals surface area contributed by atoms with Crippen LogP contribution in [-0.2, 0) is 21.2 Å². The number of thiazole rings is 1. The standard InChI is InChI=1S/C21H23N3O4S2/c1-15-6-7-17(25)19(14-15)30(27,28)24-12-10-23(11-13-24)21(26)9-8-20-22-16-4-2-3-5-18(16)29-20/h2-7,14,25H,8-13H2,1H3. The van der Waals surface area contributed by atoms with Gasteiger partial charge < -0.3 is 10.0 Å². The summed E-state index contributed by atoms with van der Waals surface area (Å²) in [6, 6.07) is 12.4. The number of rotatable bonds is 5. The van der Waals surface area contributed by atoms with Gasteiger partial charge in [-0.1, -0.05) is 18.2 Å². The van der Waals surface area contributed by atoms with Crippen LogP contribution < -0.4 is 0 Å². The number of carbonyl (C=O) groups is 1. The molecule has 0 saturated carbocycles. The van der Waals surface area contributed by atoms with Crippen LogP contribution in [0.25, 0.3) is 10.2 Å². The van der Waals surface area contributed by atoms with Crippen molar-refractivity contribution in [1.82, 2.24) is 14.2 Å². The van der Waals surface area contributed by atoms with Gasteiger partial charge in [0, 0.05) is 39.0 Å². The molecular formula is C21H23N3O4S2. The van der Waals surface area contributed by atoms with E-state index in [4.69, 9.17) is 0 Å². The molecule has 2 heterocycles. The van der Waals surface area contributed by atoms with Crippen molar-refractivity contribution in [2.75, 3.05) is 26.2 Å². The number of piperazine rings is 1. The van der Waals surface area contributed by atoms with E-state index >= 15 is 0 Å². The molecule has 1 aliphatic rings. The van der Waals surface area contributed by atoms with Crippen LogP contribution in [0.4, 0.5) is 0 Å². The molecule has 1 amide bonds. The maximum atomic E-state index is 12.9. The normalized spacial score (nSPS) is 15.6. The fraction of sp³-hybridized carbons (Fsp3) is 0.333. The Hall–Kier alpha value is -2.49. The van der Waals surface area contributed by atoms with E-state index in [2.05, 4.69) is 4.98 Å². The molecule has 30 heavy (non-hydrogen) atoms. The Morgan fingerprint density at radius 2 is 1.87 bits per heavy atom. The number of amides is 1. The zero-order chi connectivity index (χ0) is 21.3. The van der Waals surface area contributed by atoms with Gasteiger partial charge in [-0.3, -0.25) is 4.79 Å². The first-order valence-electron chi connectivity index (χ1n) is 9.76. The largest absolute Gasteiger partial charge is 0.507 e. The molecule has 2 aromatic carbocycles. The summed E-state index contributed by atoms with van der Waals surface area (Å²) in [7, 11) is -3.80. The van der Waals surface area contributed by atoms with Crippen LogP contribution in [0, 0.1) is 6.92 Å². The molecule has 1 saturated heterocycles. The van der Waals surface area contributed by atoms with E-state index in [0.717, 1.165) is 20.8 Å². The molecule has 0 spiro atoms. The van der Waals surface area contributed by atoms with Crippen molar-refractivity contribution in [3.8, 4) is 5.75 Å². The lowest BCUT2D eigenvalue weighted by atomic mass is 10.2. The highest BCUT2D eigenvalue weighted by atomic mass is 32.2. The Kier molecular flexibility index (Phi) is 5.77. The number of benzene rings is 2. The first-order chi connectivity index (χ1) is 14.3. The number of aromatic hydroxyl groups is 1. The predicted octanol–water partition coefficient (Wildman–Crippen LogP) is 2.78. The molecule has 0 radical (unpaired) electrons. The molecule has 1 aromatic heterocycles. The molecular weight excluding hydrogens is 422 g/mol. The minimum atomic E-state index is -3.80. The highest BCUT2D eigenvalue weighted by molar-refractivity contribution is 7.89. The average molecular weight is 446 g/mol. The molecule has 7 nitrogen and oxygen atoms in total. The van der Waals surface area contributed by atoms with Crippen LogP contribution in [0.1, 0.15) is 17.0 Å². The quantitative estimate of drug-likeness (QED) is 0.652. The van der Waals surface area contributed by atoms with Gasteiger partial charge in [-0.15, -0.1) is 11.3 Å². The number of fused-ring (bicyclic) bond motifs is 1. The third-order valence-corrected chi connectivity index (χ3v) is 8.24. The fourth-order valence-corrected chi connectivity index (χ4v) is 6.10. The molecule has 3 aromatic rings. The molecule has 0 atom stereocenters. The maximum Gasteiger partial charge on any atom is 0.246 e. The zero-order valence-corrected chi connectivity index (χ0v) is 18.2. The lowest BCUT2D eigenvalue weighted by molar-refractivity contribution is -0.132. The van der Waals surface area contributed by atoms with E-state index in [1.807, 2.05) is 24.3 Å². The predicted molar refractivity (Wildman–Crippen MR) is 116 cm³/mol. The second-order valence-electron chi connectivity index (χ2n) is 7.33. The summed E-state index contributed by atoms with van der Waals surface area (Å²) in [5, 5.41) is 10.9. The Morgan fingerprint density at radius 3 is 2.60 bits per heavy atom. The van der Waals surface area contributed by atoms with Crippen molar-refractivity contribution in [2.45, 2.75) is 24.7 Å². The van der Waals surface area contributed by atoms with Crippen LogP contribution in [0.15, 0.2) is 47.4 Å². The summed E-state index contributed by atoms with van der Waals surface area (Å²) in [4.78, 5) is 18.8. The molecule has 158 valence electrons. The van der Waals surface area contributed by atoms with Crippen LogP contribution in [0.2, 0.25) is 0 Å². The number of carbonyl (C=O) groups excluding carboxylic acids is 1. The van der Waals surface area contributed by atoms with Gasteiger partial charge in [-0.2, -0.15) is 4.31 Å². The van der Waals surface area contributed by atoms with Gasteiger partial charge in [0.2, 0.25) is 15.9 Å². The van der Waals surface area contributed by atoms with Crippen LogP contribution in [0.3, 0.4) is 0 Å². The molecule has 0 aliphatic carbocycles. The second kappa shape index (κ2) is 8.33. The zero-order valence-electron chi connectivity index (χ0n) is 16.6. The third-order valence-electron chi connectivity index (χ3n) is 5.22. The number of phenolic OH excluding ortho intramolecular Hbond substituents is 1. The Balaban J connectivity index is 1.35. The van der Waals surface area contributed by atoms with E-state index < -0.39 is 10.0 Å². The number of hydrogen-bond donors (Lipinski definition) is 1. The molecule has 1 aliphatic heterocycles. The third kappa shape index (κ3) is 4.19. The van der Waals surface area contributed by atoms with Gasteiger partial charge in [0.15, 0.2) is 0 Å². The lowest BCUT2D eigenvalue weighted by Gasteiger charge is -2.34. The number of para-hydroxylation sites is 1. The molecule has 0 unspecified atom stereocenters. The van der Waals surface area contributed by atoms with Crippen molar-refractivity contribution < 1.29 is 18.3 Å². The summed E-state index contributed by atoms with van der Waals surface area (Å²) in [5.41, 5.74) is 1.71. The van der Waals surface area contributed by atoms with Gasteiger partial charge in [-0.25, -0.2) is 13.4 Å². The van der Waals surface area contributed by atoms with E-state index in [1.165, 1.54) is 16.4 Å². The van der Waals surface area contributed by atoms with Gasteiger partial charge in [0.1, 0.15) is 10.6 Å². The van der Waals surface area contributed by atoms with E-state index in [0.29, 0.717) is 25.9 Å². The first kappa shape index (κ1) is 20.8. The molecule has 4 rings (SSSR count). The van der Waals surface area contributed by atoms with Gasteiger partial charge >= 0.3 is 0 Å². The molecule has 1 fully saturated rings. The van der Waals surface area contributed by atoms with Crippen molar-refractivity contribution in [1.29, 1.82) is 0 Å². The summed E-state index contributed by atoms with van der Waals surface area (Å²) >= 11 is 1.60. The minimum absolute atomic E-state index is 0.00436. The van der Waals surface area contributed by atoms with E-state index in [1.54, 1.807) is 29.2 Å². The van der Waals surface area contributed by atoms with E-state index in [9.17, 15) is 18.3 Å². The minimum Gasteiger partial charge on any atom is -0.507 e. The van der Waals surface area contributed by atoms with E-state index in [-0.39, 0.29) is 29.6 Å². The average Bonchev–Trinajstić information content (AvgIpc) is 3.17. The molecule has 9 heteroatoms. The first-order valence-corrected chi connectivity index (χ1v) is 12.0. The number of nitrogens with zero attached hydrogens (tertiary/aromatic N) is 3.